The van der Waals surface area contributed by atoms with Crippen molar-refractivity contribution in [1.29, 1.82) is 0 Å². The lowest BCUT2D eigenvalue weighted by atomic mass is 9.37. The van der Waals surface area contributed by atoms with Crippen molar-refractivity contribution >= 4 is 17.9 Å². The molecule has 11 heteroatoms. The van der Waals surface area contributed by atoms with Crippen LogP contribution in [0.4, 0.5) is 0 Å². The highest BCUT2D eigenvalue weighted by Crippen LogP contribution is 2.78. The van der Waals surface area contributed by atoms with Crippen molar-refractivity contribution in [2.24, 2.45) is 28.1 Å². The molecule has 6 aliphatic rings. The van der Waals surface area contributed by atoms with Crippen molar-refractivity contribution in [2.45, 2.75) is 129 Å². The van der Waals surface area contributed by atoms with E-state index in [1.165, 1.54) is 13.8 Å². The topological polar surface area (TPSA) is 140 Å². The molecule has 3 saturated carbocycles. The molecule has 6 fully saturated rings. The smallest absolute Gasteiger partial charge is 0.333 e. The Morgan fingerprint density at radius 3 is 2.37 bits per heavy atom. The van der Waals surface area contributed by atoms with Gasteiger partial charge >= 0.3 is 17.9 Å². The molecule has 0 aromatic carbocycles. The Labute approximate surface area is 269 Å². The highest BCUT2D eigenvalue weighted by molar-refractivity contribution is 5.87. The van der Waals surface area contributed by atoms with Crippen LogP contribution in [-0.2, 0) is 42.8 Å². The number of hydrogen-bond acceptors (Lipinski definition) is 11. The molecule has 46 heavy (non-hydrogen) atoms. The first-order valence-electron chi connectivity index (χ1n) is 16.4. The third-order valence-electron chi connectivity index (χ3n) is 13.3. The maximum atomic E-state index is 13.5. The summed E-state index contributed by atoms with van der Waals surface area (Å²) in [7, 11) is 0. The molecule has 1 N–H and O–H groups in total. The normalized spacial score (nSPS) is 50.3. The van der Waals surface area contributed by atoms with Gasteiger partial charge in [-0.25, -0.2) is 4.79 Å². The van der Waals surface area contributed by atoms with E-state index in [2.05, 4.69) is 6.92 Å². The number of furan rings is 1. The van der Waals surface area contributed by atoms with E-state index >= 15 is 0 Å². The highest BCUT2D eigenvalue weighted by atomic mass is 16.8. The Bertz CT molecular complexity index is 1470. The number of fused-ring (bicyclic) bond motifs is 3. The summed E-state index contributed by atoms with van der Waals surface area (Å²) in [6.45, 7) is 14.6. The van der Waals surface area contributed by atoms with Crippen molar-refractivity contribution in [3.8, 4) is 0 Å². The van der Waals surface area contributed by atoms with Gasteiger partial charge in [-0.1, -0.05) is 26.8 Å². The third kappa shape index (κ3) is 3.71. The fraction of sp³-hybridized carbons (Fsp3) is 0.743. The summed E-state index contributed by atoms with van der Waals surface area (Å²) < 4.78 is 44.5. The first-order chi connectivity index (χ1) is 21.6. The van der Waals surface area contributed by atoms with Crippen LogP contribution in [-0.4, -0.2) is 77.6 Å². The van der Waals surface area contributed by atoms with Crippen molar-refractivity contribution in [2.75, 3.05) is 6.61 Å². The second kappa shape index (κ2) is 10.1. The van der Waals surface area contributed by atoms with E-state index in [0.29, 0.717) is 18.4 Å². The number of carbonyl (C=O) groups is 3. The van der Waals surface area contributed by atoms with E-state index < -0.39 is 82.2 Å². The molecule has 1 spiro atoms. The molecule has 0 radical (unpaired) electrons. The number of esters is 3. The molecule has 252 valence electrons. The lowest BCUT2D eigenvalue weighted by Gasteiger charge is -2.71. The Kier molecular flexibility index (Phi) is 7.02. The Balaban J connectivity index is 1.43. The number of aliphatic hydroxyl groups excluding tert-OH is 1. The van der Waals surface area contributed by atoms with Crippen LogP contribution in [0.2, 0.25) is 0 Å². The van der Waals surface area contributed by atoms with Crippen molar-refractivity contribution < 1.29 is 52.3 Å². The number of ether oxygens (including phenoxy) is 6. The highest BCUT2D eigenvalue weighted by Gasteiger charge is 2.87. The lowest BCUT2D eigenvalue weighted by Crippen LogP contribution is -2.80. The minimum atomic E-state index is -1.29. The molecule has 1 aromatic rings. The van der Waals surface area contributed by atoms with E-state index in [4.69, 9.17) is 32.8 Å². The van der Waals surface area contributed by atoms with Gasteiger partial charge in [0.05, 0.1) is 37.4 Å². The quantitative estimate of drug-likeness (QED) is 0.281. The van der Waals surface area contributed by atoms with Gasteiger partial charge in [0.2, 0.25) is 0 Å². The van der Waals surface area contributed by atoms with Gasteiger partial charge < -0.3 is 37.9 Å². The molecule has 14 atom stereocenters. The van der Waals surface area contributed by atoms with E-state index in [9.17, 15) is 19.5 Å². The minimum Gasteiger partial charge on any atom is -0.472 e. The summed E-state index contributed by atoms with van der Waals surface area (Å²) in [6.07, 6.45) is 1.84. The first-order valence-corrected chi connectivity index (χ1v) is 16.4. The summed E-state index contributed by atoms with van der Waals surface area (Å²) in [5.74, 6) is -2.40. The van der Waals surface area contributed by atoms with Crippen LogP contribution in [0.3, 0.4) is 0 Å². The number of hydrogen-bond donors (Lipinski definition) is 1. The van der Waals surface area contributed by atoms with Gasteiger partial charge in [-0.2, -0.15) is 0 Å². The molecular weight excluding hydrogens is 596 g/mol. The average Bonchev–Trinajstić information content (AvgIpc) is 3.75. The maximum absolute atomic E-state index is 13.5. The number of allylic oxidation sites excluding steroid dienone is 1. The predicted molar refractivity (Wildman–Crippen MR) is 160 cm³/mol. The Hall–Kier alpha value is -2.73. The Morgan fingerprint density at radius 1 is 1.00 bits per heavy atom. The van der Waals surface area contributed by atoms with Crippen molar-refractivity contribution in [1.82, 2.24) is 0 Å². The molecule has 7 rings (SSSR count). The standard InChI is InChI=1S/C35H46O11/c1-9-17(2)30(39)44-24-14-23(42-18(3)36)31(5)16-41-27-28(31)32(24,6)22-13-26-43-25-12-21(20-10-11-40-15-20)34(8,45-19(4)37)35(25,46-26)33(22,7)29(27)38/h9-11,15,21-29,38H,12-14,16H2,1-8H3/b17-9+/t21-,22+,23+,24-,25-,26+,27+,28?,29+,31+,32-,33-,34-,35+/m0/s1. The summed E-state index contributed by atoms with van der Waals surface area (Å²) in [4.78, 5) is 38.8. The zero-order chi connectivity index (χ0) is 33.2. The minimum absolute atomic E-state index is 0.250. The van der Waals surface area contributed by atoms with E-state index in [-0.39, 0.29) is 30.8 Å². The van der Waals surface area contributed by atoms with Gasteiger partial charge in [0.1, 0.15) is 23.4 Å². The zero-order valence-electron chi connectivity index (χ0n) is 27.9. The van der Waals surface area contributed by atoms with Crippen LogP contribution in [0.5, 0.6) is 0 Å². The van der Waals surface area contributed by atoms with Gasteiger partial charge in [0.25, 0.3) is 0 Å². The SMILES string of the molecule is C/C=C(\C)C(=O)O[C@H]1C[C@@H](OC(C)=O)[C@@]2(C)CO[C@@H]3C2[C@@]1(C)[C@H]1C[C@@H]2O[C@H]4C[C@@H](c5ccoc5)[C@](C)(OC(C)=O)[C@]4(O2)[C@]1(C)[C@@H]3O. The van der Waals surface area contributed by atoms with Crippen LogP contribution in [0.15, 0.2) is 34.7 Å². The van der Waals surface area contributed by atoms with Crippen LogP contribution in [0, 0.1) is 28.1 Å². The van der Waals surface area contributed by atoms with Gasteiger partial charge in [-0.15, -0.1) is 0 Å². The lowest BCUT2D eigenvalue weighted by molar-refractivity contribution is -0.353. The maximum Gasteiger partial charge on any atom is 0.333 e. The molecule has 3 aliphatic carbocycles. The molecule has 11 nitrogen and oxygen atoms in total. The third-order valence-corrected chi connectivity index (χ3v) is 13.3. The van der Waals surface area contributed by atoms with Crippen LogP contribution < -0.4 is 0 Å². The van der Waals surface area contributed by atoms with Crippen molar-refractivity contribution in [3.63, 3.8) is 0 Å². The molecule has 3 aliphatic heterocycles. The van der Waals surface area contributed by atoms with E-state index in [0.717, 1.165) is 5.56 Å². The molecule has 1 unspecified atom stereocenters. The second-order valence-electron chi connectivity index (χ2n) is 15.3. The molecule has 4 heterocycles. The van der Waals surface area contributed by atoms with Gasteiger partial charge in [0, 0.05) is 60.3 Å². The van der Waals surface area contributed by atoms with Gasteiger partial charge in [0.15, 0.2) is 6.29 Å². The van der Waals surface area contributed by atoms with Gasteiger partial charge in [-0.3, -0.25) is 9.59 Å². The molecular formula is C35H46O11. The summed E-state index contributed by atoms with van der Waals surface area (Å²) >= 11 is 0. The van der Waals surface area contributed by atoms with Crippen LogP contribution in [0.1, 0.15) is 86.1 Å². The monoisotopic (exact) mass is 642 g/mol. The molecule has 2 bridgehead atoms. The molecule has 1 aromatic heterocycles. The second-order valence-corrected chi connectivity index (χ2v) is 15.3. The molecule has 0 amide bonds. The van der Waals surface area contributed by atoms with E-state index in [1.54, 1.807) is 32.4 Å². The zero-order valence-corrected chi connectivity index (χ0v) is 27.9. The summed E-state index contributed by atoms with van der Waals surface area (Å²) in [6, 6.07) is 1.86. The number of aliphatic hydroxyl groups is 1. The summed E-state index contributed by atoms with van der Waals surface area (Å²) in [5.41, 5.74) is -3.83. The fourth-order valence-electron chi connectivity index (χ4n) is 11.5. The number of rotatable bonds is 5. The first kappa shape index (κ1) is 31.8. The van der Waals surface area contributed by atoms with Crippen LogP contribution in [0.25, 0.3) is 0 Å². The predicted octanol–water partition coefficient (Wildman–Crippen LogP) is 4.21. The fourth-order valence-corrected chi connectivity index (χ4v) is 11.5. The van der Waals surface area contributed by atoms with E-state index in [1.807, 2.05) is 26.8 Å². The molecule has 3 saturated heterocycles. The van der Waals surface area contributed by atoms with Gasteiger partial charge in [-0.05, 0) is 44.7 Å². The van der Waals surface area contributed by atoms with Crippen molar-refractivity contribution in [3.05, 3.63) is 35.8 Å². The Morgan fingerprint density at radius 2 is 1.74 bits per heavy atom. The largest absolute Gasteiger partial charge is 0.472 e. The summed E-state index contributed by atoms with van der Waals surface area (Å²) in [5, 5.41) is 12.8. The van der Waals surface area contributed by atoms with Crippen LogP contribution >= 0.6 is 0 Å². The number of carbonyl (C=O) groups excluding carboxylic acids is 3. The average molecular weight is 643 g/mol.